The molecule has 2 N–H and O–H groups in total. The third-order valence-electron chi connectivity index (χ3n) is 3.48. The second kappa shape index (κ2) is 6.96. The van der Waals surface area contributed by atoms with E-state index in [1.165, 1.54) is 0 Å². The zero-order valence-corrected chi connectivity index (χ0v) is 14.1. The van der Waals surface area contributed by atoms with Crippen LogP contribution in [0.15, 0.2) is 18.2 Å². The zero-order chi connectivity index (χ0) is 15.3. The van der Waals surface area contributed by atoms with Crippen molar-refractivity contribution >= 4 is 11.6 Å². The summed E-state index contributed by atoms with van der Waals surface area (Å²) in [5.74, 6) is 3.89. The Morgan fingerprint density at radius 1 is 1.00 bits per heavy atom. The van der Waals surface area contributed by atoms with Gasteiger partial charge < -0.3 is 10.6 Å². The van der Waals surface area contributed by atoms with E-state index in [1.807, 2.05) is 18.2 Å². The summed E-state index contributed by atoms with van der Waals surface area (Å²) < 4.78 is 0. The van der Waals surface area contributed by atoms with Crippen LogP contribution in [0.25, 0.3) is 0 Å². The molecular weight excluding hydrogens is 246 g/mol. The van der Waals surface area contributed by atoms with Crippen molar-refractivity contribution in [2.75, 3.05) is 17.2 Å². The number of hydrogen-bond acceptors (Lipinski definition) is 3. The van der Waals surface area contributed by atoms with Crippen molar-refractivity contribution in [3.8, 4) is 0 Å². The Labute approximate surface area is 124 Å². The summed E-state index contributed by atoms with van der Waals surface area (Å²) in [7, 11) is 0. The van der Waals surface area contributed by atoms with Gasteiger partial charge in [-0.2, -0.15) is 0 Å². The van der Waals surface area contributed by atoms with Crippen molar-refractivity contribution in [1.82, 2.24) is 4.98 Å². The van der Waals surface area contributed by atoms with Crippen LogP contribution in [0.3, 0.4) is 0 Å². The minimum Gasteiger partial charge on any atom is -0.370 e. The van der Waals surface area contributed by atoms with Crippen LogP contribution in [-0.2, 0) is 0 Å². The molecule has 0 amide bonds. The number of nitrogens with zero attached hydrogens (tertiary/aromatic N) is 1. The maximum atomic E-state index is 4.63. The van der Waals surface area contributed by atoms with Crippen LogP contribution in [0, 0.1) is 17.8 Å². The molecule has 0 aliphatic carbocycles. The molecule has 1 aromatic heterocycles. The summed E-state index contributed by atoms with van der Waals surface area (Å²) in [4.78, 5) is 4.63. The van der Waals surface area contributed by atoms with Gasteiger partial charge in [0.05, 0.1) is 0 Å². The van der Waals surface area contributed by atoms with Crippen molar-refractivity contribution in [2.24, 2.45) is 17.8 Å². The Morgan fingerprint density at radius 2 is 1.55 bits per heavy atom. The van der Waals surface area contributed by atoms with E-state index in [4.69, 9.17) is 0 Å². The van der Waals surface area contributed by atoms with Gasteiger partial charge in [0, 0.05) is 12.1 Å². The predicted molar refractivity (Wildman–Crippen MR) is 89.3 cm³/mol. The molecule has 114 valence electrons. The predicted octanol–water partition coefficient (Wildman–Crippen LogP) is 4.63. The van der Waals surface area contributed by atoms with E-state index in [-0.39, 0.29) is 5.54 Å². The molecule has 0 unspecified atom stereocenters. The van der Waals surface area contributed by atoms with E-state index in [9.17, 15) is 0 Å². The largest absolute Gasteiger partial charge is 0.370 e. The highest BCUT2D eigenvalue weighted by molar-refractivity contribution is 5.46. The molecule has 0 spiro atoms. The summed E-state index contributed by atoms with van der Waals surface area (Å²) in [6.07, 6.45) is 0. The van der Waals surface area contributed by atoms with Crippen LogP contribution in [0.4, 0.5) is 11.6 Å². The van der Waals surface area contributed by atoms with Gasteiger partial charge in [-0.15, -0.1) is 0 Å². The molecule has 0 bridgehead atoms. The fourth-order valence-electron chi connectivity index (χ4n) is 2.45. The molecule has 20 heavy (non-hydrogen) atoms. The van der Waals surface area contributed by atoms with Crippen LogP contribution >= 0.6 is 0 Å². The van der Waals surface area contributed by atoms with Crippen molar-refractivity contribution in [3.05, 3.63) is 18.2 Å². The Bertz CT molecular complexity index is 397. The van der Waals surface area contributed by atoms with Crippen molar-refractivity contribution in [2.45, 2.75) is 54.0 Å². The number of hydrogen-bond donors (Lipinski definition) is 2. The van der Waals surface area contributed by atoms with Crippen molar-refractivity contribution in [1.29, 1.82) is 0 Å². The Morgan fingerprint density at radius 3 is 2.05 bits per heavy atom. The van der Waals surface area contributed by atoms with Gasteiger partial charge in [-0.1, -0.05) is 33.8 Å². The van der Waals surface area contributed by atoms with Gasteiger partial charge in [0.2, 0.25) is 0 Å². The average Bonchev–Trinajstić information content (AvgIpc) is 2.26. The van der Waals surface area contributed by atoms with Crippen molar-refractivity contribution in [3.63, 3.8) is 0 Å². The third kappa shape index (κ3) is 5.81. The SMILES string of the molecule is CC(C)C(CNc1cccc(NC(C)(C)C)n1)C(C)C. The quantitative estimate of drug-likeness (QED) is 0.796. The second-order valence-electron chi connectivity index (χ2n) is 7.32. The highest BCUT2D eigenvalue weighted by Crippen LogP contribution is 2.21. The van der Waals surface area contributed by atoms with Crippen LogP contribution in [0.5, 0.6) is 0 Å². The van der Waals surface area contributed by atoms with E-state index in [0.717, 1.165) is 18.2 Å². The van der Waals surface area contributed by atoms with Gasteiger partial charge in [0.1, 0.15) is 11.6 Å². The maximum absolute atomic E-state index is 4.63. The van der Waals surface area contributed by atoms with Gasteiger partial charge in [0.25, 0.3) is 0 Å². The lowest BCUT2D eigenvalue weighted by molar-refractivity contribution is 0.304. The number of pyridine rings is 1. The molecule has 1 rings (SSSR count). The van der Waals surface area contributed by atoms with E-state index in [1.54, 1.807) is 0 Å². The standard InChI is InChI=1S/C17H31N3/c1-12(2)14(13(3)4)11-18-15-9-8-10-16(19-15)20-17(5,6)7/h8-10,12-14H,11H2,1-7H3,(H2,18,19,20). The molecule has 1 heterocycles. The highest BCUT2D eigenvalue weighted by atomic mass is 15.1. The summed E-state index contributed by atoms with van der Waals surface area (Å²) in [6, 6.07) is 6.09. The molecule has 0 saturated heterocycles. The first-order valence-corrected chi connectivity index (χ1v) is 7.68. The van der Waals surface area contributed by atoms with E-state index >= 15 is 0 Å². The van der Waals surface area contributed by atoms with Crippen LogP contribution in [0.1, 0.15) is 48.5 Å². The van der Waals surface area contributed by atoms with Crippen LogP contribution < -0.4 is 10.6 Å². The number of anilines is 2. The van der Waals surface area contributed by atoms with Gasteiger partial charge in [0.15, 0.2) is 0 Å². The van der Waals surface area contributed by atoms with Gasteiger partial charge >= 0.3 is 0 Å². The van der Waals surface area contributed by atoms with Gasteiger partial charge in [-0.3, -0.25) is 0 Å². The molecule has 3 heteroatoms. The van der Waals surface area contributed by atoms with E-state index in [2.05, 4.69) is 64.1 Å². The number of aromatic nitrogens is 1. The summed E-state index contributed by atoms with van der Waals surface area (Å²) in [5.41, 5.74) is 0.0318. The average molecular weight is 277 g/mol. The molecule has 3 nitrogen and oxygen atoms in total. The first-order chi connectivity index (χ1) is 9.19. The van der Waals surface area contributed by atoms with E-state index in [0.29, 0.717) is 17.8 Å². The Balaban J connectivity index is 2.66. The molecule has 0 radical (unpaired) electrons. The highest BCUT2D eigenvalue weighted by Gasteiger charge is 2.17. The molecule has 0 aliphatic heterocycles. The van der Waals surface area contributed by atoms with Gasteiger partial charge in [-0.25, -0.2) is 4.98 Å². The molecule has 1 aromatic rings. The molecule has 0 fully saturated rings. The smallest absolute Gasteiger partial charge is 0.128 e. The molecular formula is C17H31N3. The van der Waals surface area contributed by atoms with E-state index < -0.39 is 0 Å². The first-order valence-electron chi connectivity index (χ1n) is 7.68. The van der Waals surface area contributed by atoms with Crippen molar-refractivity contribution < 1.29 is 0 Å². The first kappa shape index (κ1) is 16.8. The molecule has 0 aliphatic rings. The lowest BCUT2D eigenvalue weighted by atomic mass is 9.85. The monoisotopic (exact) mass is 277 g/mol. The maximum Gasteiger partial charge on any atom is 0.128 e. The lowest BCUT2D eigenvalue weighted by Gasteiger charge is -2.26. The fourth-order valence-corrected chi connectivity index (χ4v) is 2.45. The summed E-state index contributed by atoms with van der Waals surface area (Å²) in [6.45, 7) is 16.6. The van der Waals surface area contributed by atoms with Crippen LogP contribution in [0.2, 0.25) is 0 Å². The minimum atomic E-state index is 0.0318. The summed E-state index contributed by atoms with van der Waals surface area (Å²) in [5, 5.41) is 6.89. The molecule has 0 aromatic carbocycles. The summed E-state index contributed by atoms with van der Waals surface area (Å²) >= 11 is 0. The Kier molecular flexibility index (Phi) is 5.85. The Hall–Kier alpha value is -1.25. The topological polar surface area (TPSA) is 37.0 Å². The fraction of sp³-hybridized carbons (Fsp3) is 0.706. The normalized spacial score (nSPS) is 12.3. The number of nitrogens with one attached hydrogen (secondary N) is 2. The zero-order valence-electron chi connectivity index (χ0n) is 14.1. The van der Waals surface area contributed by atoms with Crippen LogP contribution in [-0.4, -0.2) is 17.1 Å². The molecule has 0 atom stereocenters. The number of rotatable bonds is 6. The minimum absolute atomic E-state index is 0.0318. The third-order valence-corrected chi connectivity index (χ3v) is 3.48. The second-order valence-corrected chi connectivity index (χ2v) is 7.32. The van der Waals surface area contributed by atoms with Gasteiger partial charge in [-0.05, 0) is 50.7 Å². The molecule has 0 saturated carbocycles. The lowest BCUT2D eigenvalue weighted by Crippen LogP contribution is -2.27.